The molecule has 152 valence electrons. The lowest BCUT2D eigenvalue weighted by molar-refractivity contribution is 0.0606. The van der Waals surface area contributed by atoms with E-state index in [-0.39, 0.29) is 23.7 Å². The van der Waals surface area contributed by atoms with E-state index >= 15 is 0 Å². The predicted molar refractivity (Wildman–Crippen MR) is 107 cm³/mol. The number of ether oxygens (including phenoxy) is 3. The van der Waals surface area contributed by atoms with Gasteiger partial charge in [-0.2, -0.15) is 0 Å². The van der Waals surface area contributed by atoms with Crippen LogP contribution in [0.25, 0.3) is 0 Å². The van der Waals surface area contributed by atoms with Crippen LogP contribution in [0.2, 0.25) is 0 Å². The van der Waals surface area contributed by atoms with Crippen LogP contribution in [-0.4, -0.2) is 50.4 Å². The van der Waals surface area contributed by atoms with Crippen molar-refractivity contribution in [3.8, 4) is 11.5 Å². The summed E-state index contributed by atoms with van der Waals surface area (Å²) in [5.74, 6) is 1.64. The molecule has 2 aliphatic heterocycles. The van der Waals surface area contributed by atoms with Crippen molar-refractivity contribution in [2.75, 3.05) is 27.2 Å². The van der Waals surface area contributed by atoms with Gasteiger partial charge in [-0.15, -0.1) is 0 Å². The maximum absolute atomic E-state index is 12.1. The smallest absolute Gasteiger partial charge is 0.407 e. The molecule has 0 radical (unpaired) electrons. The fourth-order valence-corrected chi connectivity index (χ4v) is 4.70. The molecule has 1 N–H and O–H groups in total. The third kappa shape index (κ3) is 3.24. The average molecular weight is 386 g/mol. The number of methoxy groups -OCH3 is 1. The van der Waals surface area contributed by atoms with Crippen LogP contribution in [0.5, 0.6) is 11.5 Å². The maximum atomic E-state index is 12.1. The van der Waals surface area contributed by atoms with Crippen molar-refractivity contribution >= 4 is 6.09 Å². The maximum Gasteiger partial charge on any atom is 0.407 e. The zero-order valence-corrected chi connectivity index (χ0v) is 17.0. The Hall–Kier alpha value is -2.21. The summed E-state index contributed by atoms with van der Waals surface area (Å²) in [5.41, 5.74) is 2.37. The minimum Gasteiger partial charge on any atom is -0.493 e. The van der Waals surface area contributed by atoms with Gasteiger partial charge in [0.25, 0.3) is 0 Å². The molecule has 4 rings (SSSR count). The first-order valence-corrected chi connectivity index (χ1v) is 10.3. The molecule has 1 aromatic carbocycles. The summed E-state index contributed by atoms with van der Waals surface area (Å²) in [6, 6.07) is 4.15. The Balaban J connectivity index is 1.60. The Labute approximate surface area is 166 Å². The number of benzene rings is 1. The summed E-state index contributed by atoms with van der Waals surface area (Å²) in [7, 11) is 3.84. The molecule has 1 amide bonds. The lowest BCUT2D eigenvalue weighted by Crippen LogP contribution is -2.44. The van der Waals surface area contributed by atoms with Crippen LogP contribution in [0.1, 0.15) is 43.7 Å². The zero-order chi connectivity index (χ0) is 19.7. The summed E-state index contributed by atoms with van der Waals surface area (Å²) in [6.45, 7) is 4.63. The SMILES string of the molecule is CCCCNC(=O)O[C@H]1C=C[C@@]23CCN(C)Cc4ccc(OC)c(c42)OC3C1. The van der Waals surface area contributed by atoms with Gasteiger partial charge in [-0.25, -0.2) is 4.79 Å². The van der Waals surface area contributed by atoms with Crippen molar-refractivity contribution in [1.82, 2.24) is 10.2 Å². The Bertz CT molecular complexity index is 778. The Morgan fingerprint density at radius 1 is 1.43 bits per heavy atom. The zero-order valence-electron chi connectivity index (χ0n) is 17.0. The van der Waals surface area contributed by atoms with Gasteiger partial charge in [0.15, 0.2) is 11.5 Å². The second-order valence-electron chi connectivity index (χ2n) is 8.08. The molecular formula is C22H30N2O4. The topological polar surface area (TPSA) is 60.0 Å². The standard InChI is InChI=1S/C22H30N2O4/c1-4-5-11-23-21(25)27-16-8-9-22-10-12-24(2)14-15-6-7-17(26-3)20(19(15)22)28-18(22)13-16/h6-9,16,18H,4-5,10-14H2,1-3H3,(H,23,25)/t16-,18?,22-/m0/s1. The number of carbonyl (C=O) groups excluding carboxylic acids is 1. The van der Waals surface area contributed by atoms with Gasteiger partial charge >= 0.3 is 6.09 Å². The van der Waals surface area contributed by atoms with Crippen LogP contribution in [0.4, 0.5) is 4.79 Å². The van der Waals surface area contributed by atoms with E-state index in [4.69, 9.17) is 14.2 Å². The molecule has 1 aromatic rings. The second-order valence-corrected chi connectivity index (χ2v) is 8.08. The van der Waals surface area contributed by atoms with Crippen LogP contribution in [0, 0.1) is 0 Å². The van der Waals surface area contributed by atoms with Crippen LogP contribution in [-0.2, 0) is 16.7 Å². The largest absolute Gasteiger partial charge is 0.493 e. The molecule has 6 nitrogen and oxygen atoms in total. The Kier molecular flexibility index (Phi) is 5.23. The monoisotopic (exact) mass is 386 g/mol. The molecule has 1 aliphatic carbocycles. The van der Waals surface area contributed by atoms with Crippen molar-refractivity contribution in [3.05, 3.63) is 35.4 Å². The highest BCUT2D eigenvalue weighted by Gasteiger charge is 2.53. The highest BCUT2D eigenvalue weighted by atomic mass is 16.6. The lowest BCUT2D eigenvalue weighted by Gasteiger charge is -2.36. The van der Waals surface area contributed by atoms with E-state index in [1.54, 1.807) is 7.11 Å². The van der Waals surface area contributed by atoms with Crippen molar-refractivity contribution in [2.45, 2.75) is 56.8 Å². The van der Waals surface area contributed by atoms with Gasteiger partial charge in [0.2, 0.25) is 0 Å². The van der Waals surface area contributed by atoms with E-state index in [1.807, 2.05) is 12.1 Å². The Morgan fingerprint density at radius 2 is 2.29 bits per heavy atom. The van der Waals surface area contributed by atoms with Gasteiger partial charge in [0.1, 0.15) is 12.2 Å². The van der Waals surface area contributed by atoms with E-state index in [0.29, 0.717) is 13.0 Å². The third-order valence-electron chi connectivity index (χ3n) is 6.19. The summed E-state index contributed by atoms with van der Waals surface area (Å²) in [5, 5.41) is 2.82. The number of alkyl carbamates (subject to hydrolysis) is 1. The quantitative estimate of drug-likeness (QED) is 0.621. The molecule has 3 aliphatic rings. The number of unbranched alkanes of at least 4 members (excludes halogenated alkanes) is 1. The van der Waals surface area contributed by atoms with Crippen LogP contribution in [0.3, 0.4) is 0 Å². The molecule has 0 saturated carbocycles. The highest BCUT2D eigenvalue weighted by molar-refractivity contribution is 5.67. The fourth-order valence-electron chi connectivity index (χ4n) is 4.70. The molecule has 2 heterocycles. The van der Waals surface area contributed by atoms with Crippen molar-refractivity contribution < 1.29 is 19.0 Å². The molecule has 6 heteroatoms. The van der Waals surface area contributed by atoms with Crippen LogP contribution >= 0.6 is 0 Å². The molecule has 1 spiro atoms. The molecule has 0 aromatic heterocycles. The van der Waals surface area contributed by atoms with E-state index < -0.39 is 0 Å². The number of nitrogens with zero attached hydrogens (tertiary/aromatic N) is 1. The lowest BCUT2D eigenvalue weighted by atomic mass is 9.69. The molecule has 0 fully saturated rings. The van der Waals surface area contributed by atoms with Gasteiger partial charge in [-0.1, -0.05) is 25.5 Å². The van der Waals surface area contributed by atoms with E-state index in [1.165, 1.54) is 11.1 Å². The van der Waals surface area contributed by atoms with Gasteiger partial charge in [-0.3, -0.25) is 0 Å². The Morgan fingerprint density at radius 3 is 3.07 bits per heavy atom. The van der Waals surface area contributed by atoms with Crippen LogP contribution in [0.15, 0.2) is 24.3 Å². The molecule has 28 heavy (non-hydrogen) atoms. The number of nitrogens with one attached hydrogen (secondary N) is 1. The normalized spacial score (nSPS) is 28.0. The summed E-state index contributed by atoms with van der Waals surface area (Å²) >= 11 is 0. The third-order valence-corrected chi connectivity index (χ3v) is 6.19. The number of carbonyl (C=O) groups is 1. The van der Waals surface area contributed by atoms with Crippen molar-refractivity contribution in [3.63, 3.8) is 0 Å². The molecule has 0 bridgehead atoms. The van der Waals surface area contributed by atoms with Gasteiger partial charge in [-0.05, 0) is 44.1 Å². The molecular weight excluding hydrogens is 356 g/mol. The van der Waals surface area contributed by atoms with Gasteiger partial charge in [0.05, 0.1) is 12.5 Å². The number of amides is 1. The van der Waals surface area contributed by atoms with Gasteiger partial charge < -0.3 is 24.4 Å². The summed E-state index contributed by atoms with van der Waals surface area (Å²) < 4.78 is 17.7. The summed E-state index contributed by atoms with van der Waals surface area (Å²) in [4.78, 5) is 14.4. The average Bonchev–Trinajstić information content (AvgIpc) is 2.94. The van der Waals surface area contributed by atoms with Crippen molar-refractivity contribution in [1.29, 1.82) is 0 Å². The highest BCUT2D eigenvalue weighted by Crippen LogP contribution is 2.55. The number of hydrogen-bond donors (Lipinski definition) is 1. The molecule has 1 unspecified atom stereocenters. The first-order valence-electron chi connectivity index (χ1n) is 10.3. The number of hydrogen-bond acceptors (Lipinski definition) is 5. The minimum absolute atomic E-state index is 0.0532. The van der Waals surface area contributed by atoms with Crippen molar-refractivity contribution in [2.24, 2.45) is 0 Å². The van der Waals surface area contributed by atoms with Gasteiger partial charge in [0, 0.05) is 25.1 Å². The second kappa shape index (κ2) is 7.66. The van der Waals surface area contributed by atoms with Crippen LogP contribution < -0.4 is 14.8 Å². The van der Waals surface area contributed by atoms with E-state index in [9.17, 15) is 4.79 Å². The molecule has 0 saturated heterocycles. The first kappa shape index (κ1) is 19.1. The minimum atomic E-state index is -0.353. The number of rotatable bonds is 5. The van der Waals surface area contributed by atoms with E-state index in [2.05, 4.69) is 36.3 Å². The summed E-state index contributed by atoms with van der Waals surface area (Å²) in [6.07, 6.45) is 7.21. The predicted octanol–water partition coefficient (Wildman–Crippen LogP) is 3.38. The van der Waals surface area contributed by atoms with E-state index in [0.717, 1.165) is 43.9 Å². The first-order chi connectivity index (χ1) is 13.6. The fraction of sp³-hybridized carbons (Fsp3) is 0.591. The molecule has 3 atom stereocenters.